The zero-order valence-corrected chi connectivity index (χ0v) is 6.97. The molecule has 0 aliphatic heterocycles. The largest absolute Gasteiger partial charge is 0.317 e. The average molecular weight is 173 g/mol. The fraction of sp³-hybridized carbons (Fsp3) is 0.889. The number of hydrogen-bond acceptors (Lipinski definition) is 0. The van der Waals surface area contributed by atoms with E-state index in [1.165, 1.54) is 0 Å². The van der Waals surface area contributed by atoms with Crippen molar-refractivity contribution in [3.8, 4) is 0 Å². The number of hydrogen-bond donors (Lipinski definition) is 0. The van der Waals surface area contributed by atoms with Crippen molar-refractivity contribution in [1.82, 2.24) is 0 Å². The number of nitrogens with zero attached hydrogens (tertiary/aromatic N) is 1. The Morgan fingerprint density at radius 1 is 1.42 bits per heavy atom. The van der Waals surface area contributed by atoms with E-state index >= 15 is 0 Å². The van der Waals surface area contributed by atoms with Gasteiger partial charge in [-0.2, -0.15) is 0 Å². The predicted octanol–water partition coefficient (Wildman–Crippen LogP) is 2.98. The van der Waals surface area contributed by atoms with Crippen LogP contribution in [0.1, 0.15) is 25.7 Å². The van der Waals surface area contributed by atoms with Gasteiger partial charge in [0.2, 0.25) is 13.0 Å². The van der Waals surface area contributed by atoms with Crippen molar-refractivity contribution in [2.75, 3.05) is 6.54 Å². The Morgan fingerprint density at radius 2 is 2.17 bits per heavy atom. The van der Waals surface area contributed by atoms with Crippen molar-refractivity contribution in [1.29, 1.82) is 0 Å². The summed E-state index contributed by atoms with van der Waals surface area (Å²) in [6.07, 6.45) is 0.948. The lowest BCUT2D eigenvalue weighted by Gasteiger charge is -2.15. The SMILES string of the molecule is [C-]#[N+]CCC1CCCC1C(F)F. The standard InChI is InChI=1S/C9H13F2N/c1-12-6-5-7-3-2-4-8(7)9(10)11/h7-9H,2-6H2. The Balaban J connectivity index is 2.37. The van der Waals surface area contributed by atoms with Gasteiger partial charge < -0.3 is 4.85 Å². The third-order valence-electron chi connectivity index (χ3n) is 2.65. The summed E-state index contributed by atoms with van der Waals surface area (Å²) in [5, 5.41) is 0. The maximum Gasteiger partial charge on any atom is 0.241 e. The minimum Gasteiger partial charge on any atom is -0.317 e. The number of rotatable bonds is 3. The van der Waals surface area contributed by atoms with Crippen molar-refractivity contribution in [3.63, 3.8) is 0 Å². The lowest BCUT2D eigenvalue weighted by molar-refractivity contribution is 0.0552. The fourth-order valence-corrected chi connectivity index (χ4v) is 1.99. The van der Waals surface area contributed by atoms with Gasteiger partial charge in [-0.15, -0.1) is 0 Å². The van der Waals surface area contributed by atoms with Gasteiger partial charge >= 0.3 is 0 Å². The van der Waals surface area contributed by atoms with Crippen molar-refractivity contribution in [3.05, 3.63) is 11.4 Å². The topological polar surface area (TPSA) is 4.36 Å². The number of alkyl halides is 2. The first-order chi connectivity index (χ1) is 5.75. The lowest BCUT2D eigenvalue weighted by atomic mass is 9.93. The third-order valence-corrected chi connectivity index (χ3v) is 2.65. The second-order valence-corrected chi connectivity index (χ2v) is 3.36. The second kappa shape index (κ2) is 4.39. The van der Waals surface area contributed by atoms with Crippen LogP contribution < -0.4 is 0 Å². The molecular weight excluding hydrogens is 160 g/mol. The van der Waals surface area contributed by atoms with E-state index in [1.807, 2.05) is 0 Å². The summed E-state index contributed by atoms with van der Waals surface area (Å²) in [6, 6.07) is 0. The van der Waals surface area contributed by atoms with Crippen molar-refractivity contribution in [2.45, 2.75) is 32.1 Å². The van der Waals surface area contributed by atoms with Crippen LogP contribution in [0.2, 0.25) is 0 Å². The zero-order chi connectivity index (χ0) is 8.97. The Kier molecular flexibility index (Phi) is 3.46. The van der Waals surface area contributed by atoms with Gasteiger partial charge in [0.25, 0.3) is 0 Å². The summed E-state index contributed by atoms with van der Waals surface area (Å²) in [4.78, 5) is 3.20. The molecule has 0 aromatic carbocycles. The highest BCUT2D eigenvalue weighted by molar-refractivity contribution is 4.81. The van der Waals surface area contributed by atoms with Gasteiger partial charge in [0.1, 0.15) is 0 Å². The molecule has 12 heavy (non-hydrogen) atoms. The summed E-state index contributed by atoms with van der Waals surface area (Å²) in [7, 11) is 0. The maximum absolute atomic E-state index is 12.3. The molecule has 0 aromatic heterocycles. The van der Waals surface area contributed by atoms with Gasteiger partial charge in [0.05, 0.1) is 0 Å². The zero-order valence-electron chi connectivity index (χ0n) is 6.97. The first-order valence-electron chi connectivity index (χ1n) is 4.37. The minimum absolute atomic E-state index is 0.110. The van der Waals surface area contributed by atoms with Crippen molar-refractivity contribution >= 4 is 0 Å². The average Bonchev–Trinajstić information content (AvgIpc) is 2.48. The molecule has 1 rings (SSSR count). The predicted molar refractivity (Wildman–Crippen MR) is 42.9 cm³/mol. The molecule has 3 heteroatoms. The van der Waals surface area contributed by atoms with Gasteiger partial charge in [-0.1, -0.05) is 6.42 Å². The molecule has 1 fully saturated rings. The van der Waals surface area contributed by atoms with Crippen LogP contribution in [0.25, 0.3) is 4.85 Å². The molecule has 68 valence electrons. The molecule has 2 atom stereocenters. The fourth-order valence-electron chi connectivity index (χ4n) is 1.99. The van der Waals surface area contributed by atoms with E-state index in [1.54, 1.807) is 0 Å². The molecule has 0 heterocycles. The maximum atomic E-state index is 12.3. The molecule has 0 amide bonds. The first kappa shape index (κ1) is 9.44. The van der Waals surface area contributed by atoms with E-state index in [0.717, 1.165) is 12.8 Å². The second-order valence-electron chi connectivity index (χ2n) is 3.36. The molecule has 1 saturated carbocycles. The normalized spacial score (nSPS) is 29.2. The highest BCUT2D eigenvalue weighted by atomic mass is 19.3. The highest BCUT2D eigenvalue weighted by Crippen LogP contribution is 2.37. The van der Waals surface area contributed by atoms with E-state index in [4.69, 9.17) is 6.57 Å². The molecule has 0 aromatic rings. The van der Waals surface area contributed by atoms with Crippen LogP contribution in [-0.4, -0.2) is 13.0 Å². The van der Waals surface area contributed by atoms with Crippen LogP contribution >= 0.6 is 0 Å². The van der Waals surface area contributed by atoms with E-state index < -0.39 is 12.3 Å². The molecule has 0 N–H and O–H groups in total. The van der Waals surface area contributed by atoms with Gasteiger partial charge in [-0.3, -0.25) is 0 Å². The highest BCUT2D eigenvalue weighted by Gasteiger charge is 2.34. The van der Waals surface area contributed by atoms with Crippen molar-refractivity contribution < 1.29 is 8.78 Å². The van der Waals surface area contributed by atoms with Gasteiger partial charge in [-0.05, 0) is 18.8 Å². The van der Waals surface area contributed by atoms with Crippen LogP contribution in [0.15, 0.2) is 0 Å². The van der Waals surface area contributed by atoms with Gasteiger partial charge in [-0.25, -0.2) is 15.4 Å². The molecule has 1 aliphatic carbocycles. The summed E-state index contributed by atoms with van der Waals surface area (Å²) in [5.74, 6) is -0.314. The minimum atomic E-state index is -2.18. The van der Waals surface area contributed by atoms with Gasteiger partial charge in [0.15, 0.2) is 0 Å². The van der Waals surface area contributed by atoms with Crippen LogP contribution in [0.5, 0.6) is 0 Å². The van der Waals surface area contributed by atoms with E-state index in [2.05, 4.69) is 4.85 Å². The molecule has 0 saturated heterocycles. The summed E-state index contributed by atoms with van der Waals surface area (Å²) >= 11 is 0. The van der Waals surface area contributed by atoms with E-state index in [0.29, 0.717) is 19.4 Å². The van der Waals surface area contributed by atoms with Gasteiger partial charge in [0, 0.05) is 12.3 Å². The first-order valence-corrected chi connectivity index (χ1v) is 4.37. The van der Waals surface area contributed by atoms with Crippen LogP contribution in [0.4, 0.5) is 8.78 Å². The molecule has 1 aliphatic rings. The van der Waals surface area contributed by atoms with Crippen LogP contribution in [-0.2, 0) is 0 Å². The molecular formula is C9H13F2N. The summed E-state index contributed by atoms with van der Waals surface area (Å²) in [6.45, 7) is 6.99. The van der Waals surface area contributed by atoms with Crippen LogP contribution in [0.3, 0.4) is 0 Å². The summed E-state index contributed by atoms with van der Waals surface area (Å²) in [5.41, 5.74) is 0. The Labute approximate surface area is 71.6 Å². The van der Waals surface area contributed by atoms with E-state index in [9.17, 15) is 8.78 Å². The van der Waals surface area contributed by atoms with Crippen molar-refractivity contribution in [2.24, 2.45) is 11.8 Å². The quantitative estimate of drug-likeness (QED) is 0.578. The summed E-state index contributed by atoms with van der Waals surface area (Å²) < 4.78 is 24.7. The third kappa shape index (κ3) is 2.17. The Bertz CT molecular complexity index is 174. The molecule has 2 unspecified atom stereocenters. The molecule has 0 radical (unpaired) electrons. The van der Waals surface area contributed by atoms with E-state index in [-0.39, 0.29) is 5.92 Å². The monoisotopic (exact) mass is 173 g/mol. The number of halogens is 2. The molecule has 1 nitrogen and oxygen atoms in total. The van der Waals surface area contributed by atoms with Crippen LogP contribution in [0, 0.1) is 18.4 Å². The smallest absolute Gasteiger partial charge is 0.241 e. The Morgan fingerprint density at radius 3 is 2.75 bits per heavy atom. The lowest BCUT2D eigenvalue weighted by Crippen LogP contribution is -2.16. The molecule has 0 bridgehead atoms. The Hall–Kier alpha value is -0.650. The molecule has 0 spiro atoms.